The molecule has 0 aromatic heterocycles. The molecule has 0 radical (unpaired) electrons. The molecule has 38 heteroatoms. The molecule has 594 valence electrons. The van der Waals surface area contributed by atoms with Crippen LogP contribution in [0.3, 0.4) is 0 Å². The first-order valence-electron chi connectivity index (χ1n) is 34.7. The highest BCUT2D eigenvalue weighted by molar-refractivity contribution is 5.99. The molecule has 12 atom stereocenters. The number of alkyl carbamates (subject to hydrolysis) is 5. The number of amides is 15. The van der Waals surface area contributed by atoms with Gasteiger partial charge in [0.05, 0.1) is 24.8 Å². The first-order chi connectivity index (χ1) is 47.7. The third-order valence-electron chi connectivity index (χ3n) is 14.0. The molecule has 104 heavy (non-hydrogen) atoms. The van der Waals surface area contributed by atoms with Crippen LogP contribution in [0.25, 0.3) is 0 Å². The van der Waals surface area contributed by atoms with Crippen LogP contribution in [0.15, 0.2) is 0 Å². The molecule has 1 aliphatic heterocycles. The number of ether oxygens (including phenoxy) is 5. The van der Waals surface area contributed by atoms with E-state index in [0.29, 0.717) is 0 Å². The third kappa shape index (κ3) is 39.5. The Morgan fingerprint density at radius 1 is 0.462 bits per heavy atom. The van der Waals surface area contributed by atoms with Gasteiger partial charge in [-0.05, 0) is 169 Å². The van der Waals surface area contributed by atoms with Gasteiger partial charge in [0.2, 0.25) is 59.1 Å². The van der Waals surface area contributed by atoms with Crippen molar-refractivity contribution in [2.24, 2.45) is 11.7 Å². The van der Waals surface area contributed by atoms with Crippen molar-refractivity contribution >= 4 is 89.5 Å². The molecule has 1 heterocycles. The molecule has 1 aliphatic rings. The van der Waals surface area contributed by atoms with Crippen molar-refractivity contribution in [2.45, 2.75) is 284 Å². The van der Waals surface area contributed by atoms with Crippen LogP contribution in [0.4, 0.5) is 24.0 Å². The van der Waals surface area contributed by atoms with E-state index in [0.717, 1.165) is 13.8 Å². The first-order valence-corrected chi connectivity index (χ1v) is 34.7. The first kappa shape index (κ1) is 92.9. The zero-order valence-electron chi connectivity index (χ0n) is 63.8. The minimum atomic E-state index is -1.96. The number of rotatable bonds is 25. The molecule has 1 rings (SSSR count). The van der Waals surface area contributed by atoms with E-state index in [9.17, 15) is 77.3 Å². The molecule has 1 saturated heterocycles. The van der Waals surface area contributed by atoms with Crippen molar-refractivity contribution in [2.75, 3.05) is 39.3 Å². The van der Waals surface area contributed by atoms with Gasteiger partial charge in [-0.3, -0.25) is 47.9 Å². The van der Waals surface area contributed by atoms with E-state index in [2.05, 4.69) is 79.8 Å². The molecule has 19 N–H and O–H groups in total. The van der Waals surface area contributed by atoms with Crippen LogP contribution in [0.5, 0.6) is 0 Å². The highest BCUT2D eigenvalue weighted by atomic mass is 16.6. The van der Waals surface area contributed by atoms with Crippen molar-refractivity contribution in [3.63, 3.8) is 0 Å². The van der Waals surface area contributed by atoms with E-state index in [1.165, 1.54) is 27.7 Å². The number of nitrogens with two attached hydrogens (primary N) is 1. The van der Waals surface area contributed by atoms with E-state index in [-0.39, 0.29) is 51.2 Å². The lowest BCUT2D eigenvalue weighted by molar-refractivity contribution is -0.136. The van der Waals surface area contributed by atoms with Gasteiger partial charge in [-0.15, -0.1) is 0 Å². The molecule has 15 amide bonds. The maximum absolute atomic E-state index is 15.0. The number of hydrogen-bond donors (Lipinski definition) is 18. The Kier molecular flexibility index (Phi) is 38.1. The predicted octanol–water partition coefficient (Wildman–Crippen LogP) is -1.40. The largest absolute Gasteiger partial charge is 0.444 e. The Bertz CT molecular complexity index is 2930. The van der Waals surface area contributed by atoms with Crippen LogP contribution in [0.1, 0.15) is 183 Å². The number of aliphatic hydroxyl groups is 2. The van der Waals surface area contributed by atoms with E-state index < -0.39 is 229 Å². The van der Waals surface area contributed by atoms with Gasteiger partial charge >= 0.3 is 30.5 Å². The number of carbonyl (C=O) groups excluding carboxylic acids is 15. The van der Waals surface area contributed by atoms with Gasteiger partial charge in [-0.25, -0.2) is 24.0 Å². The lowest BCUT2D eigenvalue weighted by atomic mass is 10.0. The zero-order chi connectivity index (χ0) is 80.0. The van der Waals surface area contributed by atoms with Crippen molar-refractivity contribution in [1.82, 2.24) is 79.8 Å². The fourth-order valence-corrected chi connectivity index (χ4v) is 9.18. The van der Waals surface area contributed by atoms with Gasteiger partial charge in [0.15, 0.2) is 0 Å². The van der Waals surface area contributed by atoms with Crippen LogP contribution in [0.2, 0.25) is 0 Å². The van der Waals surface area contributed by atoms with Crippen LogP contribution >= 0.6 is 0 Å². The van der Waals surface area contributed by atoms with Gasteiger partial charge in [-0.2, -0.15) is 0 Å². The Balaban J connectivity index is 4.32. The molecule has 1 fully saturated rings. The summed E-state index contributed by atoms with van der Waals surface area (Å²) < 4.78 is 26.6. The maximum Gasteiger partial charge on any atom is 0.407 e. The summed E-state index contributed by atoms with van der Waals surface area (Å²) in [7, 11) is 0. The van der Waals surface area contributed by atoms with Crippen molar-refractivity contribution in [1.29, 1.82) is 0 Å². The molecule has 1 unspecified atom stereocenters. The second kappa shape index (κ2) is 42.6. The molecule has 0 aliphatic carbocycles. The van der Waals surface area contributed by atoms with E-state index >= 15 is 4.79 Å². The zero-order valence-corrected chi connectivity index (χ0v) is 63.8. The fourth-order valence-electron chi connectivity index (χ4n) is 9.18. The summed E-state index contributed by atoms with van der Waals surface area (Å²) in [6.07, 6.45) is -10.6. The summed E-state index contributed by atoms with van der Waals surface area (Å²) in [5.41, 5.74) is 1.20. The number of hydrogen-bond acceptors (Lipinski definition) is 23. The quantitative estimate of drug-likeness (QED) is 0.0467. The minimum absolute atomic E-state index is 0.115. The number of aliphatic hydroxyl groups excluding tert-OH is 2. The Hall–Kier alpha value is -9.07. The average molecular weight is 1490 g/mol. The second-order valence-electron chi connectivity index (χ2n) is 30.4. The van der Waals surface area contributed by atoms with Crippen LogP contribution in [-0.2, 0) is 71.6 Å². The molecular weight excluding hydrogens is 1370 g/mol. The van der Waals surface area contributed by atoms with E-state index in [1.54, 1.807) is 96.9 Å². The average Bonchev–Trinajstić information content (AvgIpc) is 0.915. The van der Waals surface area contributed by atoms with E-state index in [1.807, 2.05) is 0 Å². The van der Waals surface area contributed by atoms with Gasteiger partial charge in [0.25, 0.3) is 0 Å². The Morgan fingerprint density at radius 3 is 1.20 bits per heavy atom. The summed E-state index contributed by atoms with van der Waals surface area (Å²) >= 11 is 0. The van der Waals surface area contributed by atoms with E-state index in [4.69, 9.17) is 29.4 Å². The highest BCUT2D eigenvalue weighted by Gasteiger charge is 2.39. The Labute approximate surface area is 608 Å². The maximum atomic E-state index is 15.0. The summed E-state index contributed by atoms with van der Waals surface area (Å²) in [6, 6.07) is -17.2. The van der Waals surface area contributed by atoms with Crippen molar-refractivity contribution in [3.8, 4) is 0 Å². The van der Waals surface area contributed by atoms with Gasteiger partial charge in [0.1, 0.15) is 82.4 Å². The van der Waals surface area contributed by atoms with Crippen molar-refractivity contribution < 1.29 is 106 Å². The highest BCUT2D eigenvalue weighted by Crippen LogP contribution is 2.14. The standard InChI is InChI=1S/C66H118N16O22/c1-21-38-48(86)75-40(24-29-70-58(96)101-63(9,10)11)50(88)77-42(26-31-72-60(98)103-65(15,16)17)52(90)82-45(35(4)83)55(93)68-28-23-39(49(87)76-41(25-30-71-59(97)102-64(12,13)14)51(89)79-43(32-34(2)3)53(91)74-38)78-54(92)44(33-73-61(99)104-66(18,19)20)80-56(94)46(36(5)84)81-47(85)37(67)22-27-69-57(95)100-62(6,7)8/h34-46,83-84H,21-33,67H2,1-20H3,(H,68,93)(H,69,95)(H,70,96)(H,71,97)(H,72,98)(H,73,99)(H,74,91)(H,75,86)(H,76,87)(H,77,88)(H,78,92)(H,79,89)(H,80,94)(H,81,85)(H,82,90)/t35-,36?,37-,38-,39-,40-,41+,42-,43+,44-,45-,46-/m0/s1. The van der Waals surface area contributed by atoms with Gasteiger partial charge in [0, 0.05) is 32.7 Å². The molecular formula is C66H118N16O22. The lowest BCUT2D eigenvalue weighted by Gasteiger charge is -2.29. The van der Waals surface area contributed by atoms with Crippen LogP contribution in [-0.4, -0.2) is 240 Å². The monoisotopic (exact) mass is 1490 g/mol. The fraction of sp³-hybridized carbons (Fsp3) is 0.773. The normalized spacial score (nSPS) is 21.0. The molecule has 0 aromatic carbocycles. The number of carbonyl (C=O) groups is 15. The van der Waals surface area contributed by atoms with Gasteiger partial charge in [-0.1, -0.05) is 20.8 Å². The van der Waals surface area contributed by atoms with Crippen LogP contribution in [0, 0.1) is 5.92 Å². The SMILES string of the molecule is CC[C@@H]1NC(=O)[C@@H](CC(C)C)NC(=O)[C@@H](CCNC(=O)OC(C)(C)C)NC(=O)[C@@H](NC(=O)[C@H](CNC(=O)OC(C)(C)C)NC(=O)[C@@H](NC(=O)[C@@H](N)CCNC(=O)OC(C)(C)C)C(C)O)CCNC(=O)[C@H]([C@H](C)O)NC(=O)[C@H](CCNC(=O)OC(C)(C)C)NC(=O)[C@H](CCNC(=O)OC(C)(C)C)NC1=O. The molecule has 0 aromatic rings. The van der Waals surface area contributed by atoms with Gasteiger partial charge < -0.3 is 119 Å². The minimum Gasteiger partial charge on any atom is -0.444 e. The predicted molar refractivity (Wildman–Crippen MR) is 376 cm³/mol. The van der Waals surface area contributed by atoms with Crippen LogP contribution < -0.4 is 85.5 Å². The molecule has 0 spiro atoms. The molecule has 0 saturated carbocycles. The Morgan fingerprint density at radius 2 is 0.817 bits per heavy atom. The van der Waals surface area contributed by atoms with Crippen molar-refractivity contribution in [3.05, 3.63) is 0 Å². The summed E-state index contributed by atoms with van der Waals surface area (Å²) in [6.45, 7) is 28.1. The topological polar surface area (TPSA) is 549 Å². The summed E-state index contributed by atoms with van der Waals surface area (Å²) in [5.74, 6) is -11.5. The molecule has 0 bridgehead atoms. The second-order valence-corrected chi connectivity index (χ2v) is 30.4. The third-order valence-corrected chi connectivity index (χ3v) is 14.0. The summed E-state index contributed by atoms with van der Waals surface area (Å²) in [5, 5.41) is 58.9. The number of nitrogens with one attached hydrogen (secondary N) is 15. The lowest BCUT2D eigenvalue weighted by Crippen LogP contribution is -2.63. The smallest absolute Gasteiger partial charge is 0.407 e. The molecule has 38 nitrogen and oxygen atoms in total. The summed E-state index contributed by atoms with van der Waals surface area (Å²) in [4.78, 5) is 209.